The van der Waals surface area contributed by atoms with Crippen LogP contribution in [0.3, 0.4) is 0 Å². The van der Waals surface area contributed by atoms with Crippen LogP contribution in [0, 0.1) is 5.92 Å². The summed E-state index contributed by atoms with van der Waals surface area (Å²) in [7, 11) is -9.92. The molecule has 0 radical (unpaired) electrons. The van der Waals surface area contributed by atoms with Gasteiger partial charge in [-0.1, -0.05) is 388 Å². The average Bonchev–Trinajstić information content (AvgIpc) is 0.943. The van der Waals surface area contributed by atoms with Crippen LogP contribution in [-0.4, -0.2) is 96.7 Å². The molecule has 0 aromatic carbocycles. The second-order valence-electron chi connectivity index (χ2n) is 29.8. The maximum Gasteiger partial charge on any atom is 0.472 e. The van der Waals surface area contributed by atoms with Crippen LogP contribution in [0.2, 0.25) is 0 Å². The van der Waals surface area contributed by atoms with Crippen LogP contribution < -0.4 is 0 Å². The number of unbranched alkanes of at least 4 members (excludes halogenated alkanes) is 53. The van der Waals surface area contributed by atoms with Gasteiger partial charge in [0.2, 0.25) is 0 Å². The summed E-state index contributed by atoms with van der Waals surface area (Å²) in [5.41, 5.74) is 0. The van der Waals surface area contributed by atoms with Crippen LogP contribution in [0.5, 0.6) is 0 Å². The number of rotatable bonds is 82. The highest BCUT2D eigenvalue weighted by atomic mass is 31.2. The molecular formula is C82H160O17P2. The molecule has 3 N–H and O–H groups in total. The zero-order chi connectivity index (χ0) is 74.1. The van der Waals surface area contributed by atoms with Crippen LogP contribution in [-0.2, 0) is 65.4 Å². The number of aliphatic hydroxyl groups excluding tert-OH is 1. The summed E-state index contributed by atoms with van der Waals surface area (Å²) in [5, 5.41) is 10.6. The minimum Gasteiger partial charge on any atom is -0.462 e. The van der Waals surface area contributed by atoms with Gasteiger partial charge in [-0.3, -0.25) is 37.3 Å². The first-order chi connectivity index (χ1) is 49.1. The number of carbonyl (C=O) groups excluding carboxylic acids is 4. The van der Waals surface area contributed by atoms with Crippen molar-refractivity contribution in [2.75, 3.05) is 39.6 Å². The van der Waals surface area contributed by atoms with Crippen molar-refractivity contribution in [1.82, 2.24) is 0 Å². The van der Waals surface area contributed by atoms with Gasteiger partial charge in [0.25, 0.3) is 0 Å². The molecule has 0 aromatic heterocycles. The van der Waals surface area contributed by atoms with E-state index in [0.29, 0.717) is 25.7 Å². The number of esters is 4. The van der Waals surface area contributed by atoms with Crippen molar-refractivity contribution < 1.29 is 80.2 Å². The molecule has 19 heteroatoms. The summed E-state index contributed by atoms with van der Waals surface area (Å²) in [4.78, 5) is 73.0. The lowest BCUT2D eigenvalue weighted by Gasteiger charge is -2.21. The van der Waals surface area contributed by atoms with Crippen molar-refractivity contribution >= 4 is 39.5 Å². The predicted octanol–water partition coefficient (Wildman–Crippen LogP) is 24.8. The fraction of sp³-hybridized carbons (Fsp3) is 0.951. The Kier molecular flexibility index (Phi) is 73.5. The molecule has 0 saturated heterocycles. The third-order valence-corrected chi connectivity index (χ3v) is 21.5. The van der Waals surface area contributed by atoms with E-state index in [4.69, 9.17) is 37.0 Å². The van der Waals surface area contributed by atoms with Crippen molar-refractivity contribution in [3.63, 3.8) is 0 Å². The van der Waals surface area contributed by atoms with Crippen molar-refractivity contribution in [2.45, 2.75) is 457 Å². The highest BCUT2D eigenvalue weighted by Gasteiger charge is 2.30. The molecule has 3 unspecified atom stereocenters. The van der Waals surface area contributed by atoms with Crippen molar-refractivity contribution in [3.05, 3.63) is 0 Å². The summed E-state index contributed by atoms with van der Waals surface area (Å²) in [5.74, 6) is -1.38. The van der Waals surface area contributed by atoms with E-state index >= 15 is 0 Å². The van der Waals surface area contributed by atoms with Gasteiger partial charge < -0.3 is 33.8 Å². The van der Waals surface area contributed by atoms with E-state index in [1.165, 1.54) is 257 Å². The largest absolute Gasteiger partial charge is 0.472 e. The van der Waals surface area contributed by atoms with Gasteiger partial charge in [-0.25, -0.2) is 9.13 Å². The first-order valence-electron chi connectivity index (χ1n) is 42.7. The van der Waals surface area contributed by atoms with E-state index in [1.807, 2.05) is 0 Å². The molecule has 0 amide bonds. The zero-order valence-corrected chi connectivity index (χ0v) is 67.8. The molecule has 0 bridgehead atoms. The Hall–Kier alpha value is -1.94. The number of hydrogen-bond acceptors (Lipinski definition) is 15. The van der Waals surface area contributed by atoms with Crippen LogP contribution in [0.15, 0.2) is 0 Å². The standard InChI is InChI=1S/C82H160O17P2/c1-6-10-13-16-19-22-25-27-29-31-33-35-37-39-41-44-46-49-55-60-65-79(84)92-71-77(98-82(87)68-63-58-51-48-45-42-40-38-36-34-32-30-28-26-23-20-17-14-11-7-2)73-96-100(88,89)94-69-76(83)70-95-101(90,91)97-74-78(72-93-80(85)66-61-56-53-52-54-59-64-75(5)9-4)99-81(86)67-62-57-50-47-43-24-21-18-15-12-8-3/h75-78,83H,6-74H2,1-5H3,(H,88,89)(H,90,91)/t75?,76-,77-,78-/m1/s1. The van der Waals surface area contributed by atoms with Gasteiger partial charge in [0.1, 0.15) is 19.3 Å². The molecule has 0 aliphatic rings. The fourth-order valence-corrected chi connectivity index (χ4v) is 14.3. The van der Waals surface area contributed by atoms with Gasteiger partial charge in [-0.15, -0.1) is 0 Å². The highest BCUT2D eigenvalue weighted by Crippen LogP contribution is 2.45. The van der Waals surface area contributed by atoms with Gasteiger partial charge in [0, 0.05) is 25.7 Å². The average molecular weight is 1480 g/mol. The van der Waals surface area contributed by atoms with Crippen LogP contribution in [0.1, 0.15) is 439 Å². The van der Waals surface area contributed by atoms with E-state index in [2.05, 4.69) is 34.6 Å². The zero-order valence-electron chi connectivity index (χ0n) is 66.1. The summed E-state index contributed by atoms with van der Waals surface area (Å²) in [6.07, 6.45) is 66.8. The second-order valence-corrected chi connectivity index (χ2v) is 32.7. The fourth-order valence-electron chi connectivity index (χ4n) is 12.7. The number of hydrogen-bond donors (Lipinski definition) is 3. The molecule has 6 atom stereocenters. The SMILES string of the molecule is CCCCCCCCCCCCCCCCCCCCCCC(=O)OC[C@H](COP(=O)(O)OC[C@@H](O)COP(=O)(O)OC[C@@H](COC(=O)CCCCCCCCC(C)CC)OC(=O)CCCCCCCCCCCCC)OC(=O)CCCCCCCCCCCCCCCCCCCCCC. The van der Waals surface area contributed by atoms with Gasteiger partial charge >= 0.3 is 39.5 Å². The van der Waals surface area contributed by atoms with E-state index < -0.39 is 97.5 Å². The molecule has 0 heterocycles. The molecule has 600 valence electrons. The highest BCUT2D eigenvalue weighted by molar-refractivity contribution is 7.47. The molecule has 101 heavy (non-hydrogen) atoms. The Balaban J connectivity index is 5.20. The lowest BCUT2D eigenvalue weighted by atomic mass is 10.00. The number of ether oxygens (including phenoxy) is 4. The van der Waals surface area contributed by atoms with Gasteiger partial charge in [-0.05, 0) is 31.6 Å². The van der Waals surface area contributed by atoms with E-state index in [-0.39, 0.29) is 25.7 Å². The predicted molar refractivity (Wildman–Crippen MR) is 414 cm³/mol. The van der Waals surface area contributed by atoms with E-state index in [9.17, 15) is 43.2 Å². The maximum absolute atomic E-state index is 13.1. The minimum atomic E-state index is -4.96. The minimum absolute atomic E-state index is 0.107. The lowest BCUT2D eigenvalue weighted by Crippen LogP contribution is -2.30. The van der Waals surface area contributed by atoms with Gasteiger partial charge in [-0.2, -0.15) is 0 Å². The van der Waals surface area contributed by atoms with E-state index in [1.54, 1.807) is 0 Å². The molecule has 0 saturated carbocycles. The van der Waals surface area contributed by atoms with Crippen molar-refractivity contribution in [1.29, 1.82) is 0 Å². The Morgan fingerprint density at radius 2 is 0.475 bits per heavy atom. The third-order valence-electron chi connectivity index (χ3n) is 19.6. The van der Waals surface area contributed by atoms with Gasteiger partial charge in [0.05, 0.1) is 26.4 Å². The Morgan fingerprint density at radius 1 is 0.277 bits per heavy atom. The quantitative estimate of drug-likeness (QED) is 0.0222. The number of phosphoric acid groups is 2. The van der Waals surface area contributed by atoms with Crippen LogP contribution in [0.25, 0.3) is 0 Å². The molecular weight excluding hydrogens is 1320 g/mol. The molecule has 0 aliphatic carbocycles. The second kappa shape index (κ2) is 74.9. The monoisotopic (exact) mass is 1480 g/mol. The Labute approximate surface area is 619 Å². The Bertz CT molecular complexity index is 1930. The molecule has 0 spiro atoms. The first-order valence-corrected chi connectivity index (χ1v) is 45.7. The summed E-state index contributed by atoms with van der Waals surface area (Å²) < 4.78 is 68.7. The molecule has 0 aliphatic heterocycles. The number of carbonyl (C=O) groups is 4. The van der Waals surface area contributed by atoms with Crippen LogP contribution in [0.4, 0.5) is 0 Å². The van der Waals surface area contributed by atoms with Gasteiger partial charge in [0.15, 0.2) is 12.2 Å². The maximum atomic E-state index is 13.1. The Morgan fingerprint density at radius 3 is 0.703 bits per heavy atom. The number of phosphoric ester groups is 2. The van der Waals surface area contributed by atoms with E-state index in [0.717, 1.165) is 102 Å². The van der Waals surface area contributed by atoms with Crippen LogP contribution >= 0.6 is 15.6 Å². The lowest BCUT2D eigenvalue weighted by molar-refractivity contribution is -0.161. The first kappa shape index (κ1) is 99.1. The molecule has 17 nitrogen and oxygen atoms in total. The number of aliphatic hydroxyl groups is 1. The summed E-state index contributed by atoms with van der Waals surface area (Å²) in [6.45, 7) is 7.28. The molecule has 0 aromatic rings. The third kappa shape index (κ3) is 74.7. The van der Waals surface area contributed by atoms with Crippen molar-refractivity contribution in [2.24, 2.45) is 5.92 Å². The smallest absolute Gasteiger partial charge is 0.462 e. The molecule has 0 fully saturated rings. The summed E-state index contributed by atoms with van der Waals surface area (Å²) >= 11 is 0. The normalized spacial score (nSPS) is 14.1. The summed E-state index contributed by atoms with van der Waals surface area (Å²) in [6, 6.07) is 0. The molecule has 0 rings (SSSR count). The van der Waals surface area contributed by atoms with Crippen molar-refractivity contribution in [3.8, 4) is 0 Å². The topological polar surface area (TPSA) is 237 Å².